The van der Waals surface area contributed by atoms with Gasteiger partial charge in [0.15, 0.2) is 5.82 Å². The van der Waals surface area contributed by atoms with E-state index in [2.05, 4.69) is 25.8 Å². The molecule has 0 bridgehead atoms. The van der Waals surface area contributed by atoms with Crippen LogP contribution in [0.3, 0.4) is 0 Å². The number of hydrogen-bond acceptors (Lipinski definition) is 5. The number of rotatable bonds is 4. The summed E-state index contributed by atoms with van der Waals surface area (Å²) in [7, 11) is 0. The number of nitrogens with one attached hydrogen (secondary N) is 3. The predicted molar refractivity (Wildman–Crippen MR) is 75.5 cm³/mol. The first-order valence-electron chi connectivity index (χ1n) is 6.57. The SMILES string of the molecule is O=C1CN(CC(=O)Nc2ccc(F)c(-c3ncn[nH]3)c2)C(=O)N1. The number of benzene rings is 1. The Morgan fingerprint density at radius 2 is 2.22 bits per heavy atom. The van der Waals surface area contributed by atoms with Crippen LogP contribution in [0.1, 0.15) is 0 Å². The number of urea groups is 1. The number of carbonyl (C=O) groups excluding carboxylic acids is 3. The highest BCUT2D eigenvalue weighted by Crippen LogP contribution is 2.22. The van der Waals surface area contributed by atoms with Crippen molar-refractivity contribution in [1.29, 1.82) is 0 Å². The molecule has 1 aromatic carbocycles. The topological polar surface area (TPSA) is 120 Å². The van der Waals surface area contributed by atoms with Crippen molar-refractivity contribution < 1.29 is 18.8 Å². The van der Waals surface area contributed by atoms with Crippen molar-refractivity contribution in [1.82, 2.24) is 25.4 Å². The van der Waals surface area contributed by atoms with Gasteiger partial charge in [0.2, 0.25) is 11.8 Å². The molecule has 1 saturated heterocycles. The lowest BCUT2D eigenvalue weighted by Crippen LogP contribution is -2.35. The molecular weight excluding hydrogens is 307 g/mol. The van der Waals surface area contributed by atoms with Gasteiger partial charge in [-0.25, -0.2) is 14.2 Å². The van der Waals surface area contributed by atoms with Gasteiger partial charge >= 0.3 is 6.03 Å². The zero-order valence-corrected chi connectivity index (χ0v) is 11.7. The number of aromatic amines is 1. The lowest BCUT2D eigenvalue weighted by Gasteiger charge is -2.13. The number of H-pyrrole nitrogens is 1. The van der Waals surface area contributed by atoms with Crippen molar-refractivity contribution in [2.45, 2.75) is 0 Å². The molecule has 3 N–H and O–H groups in total. The molecule has 0 aliphatic carbocycles. The number of halogens is 1. The van der Waals surface area contributed by atoms with Gasteiger partial charge in [0, 0.05) is 5.69 Å². The summed E-state index contributed by atoms with van der Waals surface area (Å²) in [5.41, 5.74) is 0.475. The van der Waals surface area contributed by atoms with Crippen LogP contribution in [0.2, 0.25) is 0 Å². The molecule has 0 radical (unpaired) electrons. The van der Waals surface area contributed by atoms with E-state index in [-0.39, 0.29) is 24.5 Å². The Morgan fingerprint density at radius 3 is 2.87 bits per heavy atom. The minimum absolute atomic E-state index is 0.148. The first-order valence-corrected chi connectivity index (χ1v) is 6.57. The molecule has 4 amide bonds. The van der Waals surface area contributed by atoms with Gasteiger partial charge in [0.25, 0.3) is 0 Å². The van der Waals surface area contributed by atoms with Crippen molar-refractivity contribution in [3.8, 4) is 11.4 Å². The molecule has 1 aliphatic rings. The molecule has 0 spiro atoms. The maximum Gasteiger partial charge on any atom is 0.325 e. The lowest BCUT2D eigenvalue weighted by atomic mass is 10.1. The quantitative estimate of drug-likeness (QED) is 0.691. The van der Waals surface area contributed by atoms with E-state index in [0.29, 0.717) is 5.69 Å². The summed E-state index contributed by atoms with van der Waals surface area (Å²) in [6.07, 6.45) is 1.24. The molecule has 0 saturated carbocycles. The van der Waals surface area contributed by atoms with Crippen LogP contribution in [0, 0.1) is 5.82 Å². The molecule has 118 valence electrons. The van der Waals surface area contributed by atoms with E-state index in [1.165, 1.54) is 24.5 Å². The van der Waals surface area contributed by atoms with Crippen molar-refractivity contribution >= 4 is 23.5 Å². The third-order valence-electron chi connectivity index (χ3n) is 3.12. The number of aromatic nitrogens is 3. The summed E-state index contributed by atoms with van der Waals surface area (Å²) < 4.78 is 13.8. The molecule has 1 aromatic heterocycles. The van der Waals surface area contributed by atoms with Gasteiger partial charge in [-0.2, -0.15) is 5.10 Å². The van der Waals surface area contributed by atoms with Crippen LogP contribution >= 0.6 is 0 Å². The fourth-order valence-electron chi connectivity index (χ4n) is 2.10. The fraction of sp³-hybridized carbons (Fsp3) is 0.154. The normalized spacial score (nSPS) is 14.0. The molecule has 23 heavy (non-hydrogen) atoms. The Bertz CT molecular complexity index is 776. The third-order valence-corrected chi connectivity index (χ3v) is 3.12. The molecule has 0 atom stereocenters. The predicted octanol–water partition coefficient (Wildman–Crippen LogP) is 0.101. The van der Waals surface area contributed by atoms with Crippen LogP contribution in [-0.4, -0.2) is 51.0 Å². The summed E-state index contributed by atoms with van der Waals surface area (Å²) in [6, 6.07) is 3.33. The Morgan fingerprint density at radius 1 is 1.39 bits per heavy atom. The van der Waals surface area contributed by atoms with Crippen LogP contribution in [0.25, 0.3) is 11.4 Å². The summed E-state index contributed by atoms with van der Waals surface area (Å²) in [6.45, 7) is -0.453. The van der Waals surface area contributed by atoms with E-state index < -0.39 is 23.7 Å². The molecule has 1 aliphatic heterocycles. The third kappa shape index (κ3) is 3.15. The van der Waals surface area contributed by atoms with Crippen molar-refractivity contribution in [3.63, 3.8) is 0 Å². The Hall–Kier alpha value is -3.30. The molecule has 3 rings (SSSR count). The van der Waals surface area contributed by atoms with Gasteiger partial charge in [0.05, 0.1) is 5.56 Å². The average Bonchev–Trinajstić information content (AvgIpc) is 3.11. The van der Waals surface area contributed by atoms with Crippen molar-refractivity contribution in [2.24, 2.45) is 0 Å². The lowest BCUT2D eigenvalue weighted by molar-refractivity contribution is -0.119. The largest absolute Gasteiger partial charge is 0.325 e. The highest BCUT2D eigenvalue weighted by molar-refractivity contribution is 6.04. The van der Waals surface area contributed by atoms with E-state index in [9.17, 15) is 18.8 Å². The maximum atomic E-state index is 13.8. The zero-order chi connectivity index (χ0) is 16.4. The Kier molecular flexibility index (Phi) is 3.71. The van der Waals surface area contributed by atoms with E-state index in [1.54, 1.807) is 0 Å². The summed E-state index contributed by atoms with van der Waals surface area (Å²) in [5, 5.41) is 10.8. The number of imide groups is 1. The van der Waals surface area contributed by atoms with Crippen LogP contribution in [0.4, 0.5) is 14.9 Å². The minimum atomic E-state index is -0.619. The van der Waals surface area contributed by atoms with Gasteiger partial charge in [0.1, 0.15) is 25.2 Å². The Balaban J connectivity index is 1.71. The maximum absolute atomic E-state index is 13.8. The first kappa shape index (κ1) is 14.6. The van der Waals surface area contributed by atoms with Crippen LogP contribution < -0.4 is 10.6 Å². The zero-order valence-electron chi connectivity index (χ0n) is 11.7. The van der Waals surface area contributed by atoms with Gasteiger partial charge < -0.3 is 10.2 Å². The fourth-order valence-corrected chi connectivity index (χ4v) is 2.10. The van der Waals surface area contributed by atoms with Gasteiger partial charge in [-0.1, -0.05) is 0 Å². The number of nitrogens with zero attached hydrogens (tertiary/aromatic N) is 3. The molecule has 9 nitrogen and oxygen atoms in total. The number of carbonyl (C=O) groups is 3. The van der Waals surface area contributed by atoms with E-state index in [4.69, 9.17) is 0 Å². The smallest absolute Gasteiger partial charge is 0.325 e. The second kappa shape index (κ2) is 5.83. The van der Waals surface area contributed by atoms with Crippen LogP contribution in [0.15, 0.2) is 24.5 Å². The second-order valence-corrected chi connectivity index (χ2v) is 4.79. The van der Waals surface area contributed by atoms with Gasteiger partial charge in [-0.15, -0.1) is 0 Å². The number of anilines is 1. The van der Waals surface area contributed by atoms with Crippen LogP contribution in [-0.2, 0) is 9.59 Å². The molecule has 2 aromatic rings. The highest BCUT2D eigenvalue weighted by atomic mass is 19.1. The standard InChI is InChI=1S/C13H11FN6O3/c14-9-2-1-7(3-8(9)12-15-6-16-19-12)17-10(21)4-20-5-11(22)18-13(20)23/h1-3,6H,4-5H2,(H,17,21)(H,15,16,19)(H,18,22,23). The van der Waals surface area contributed by atoms with Crippen molar-refractivity contribution in [2.75, 3.05) is 18.4 Å². The molecule has 2 heterocycles. The molecule has 0 unspecified atom stereocenters. The van der Waals surface area contributed by atoms with Gasteiger partial charge in [-0.05, 0) is 18.2 Å². The van der Waals surface area contributed by atoms with E-state index >= 15 is 0 Å². The molecular formula is C13H11FN6O3. The number of amides is 4. The van der Waals surface area contributed by atoms with Crippen LogP contribution in [0.5, 0.6) is 0 Å². The van der Waals surface area contributed by atoms with E-state index in [0.717, 1.165) is 4.90 Å². The van der Waals surface area contributed by atoms with Crippen molar-refractivity contribution in [3.05, 3.63) is 30.3 Å². The number of hydrogen-bond donors (Lipinski definition) is 3. The summed E-state index contributed by atoms with van der Waals surface area (Å²) >= 11 is 0. The Labute approximate surface area is 128 Å². The minimum Gasteiger partial charge on any atom is -0.325 e. The summed E-state index contributed by atoms with van der Waals surface area (Å²) in [4.78, 5) is 39.3. The molecule has 10 heteroatoms. The van der Waals surface area contributed by atoms with Gasteiger partial charge in [-0.3, -0.25) is 20.0 Å². The first-order chi connectivity index (χ1) is 11.0. The monoisotopic (exact) mass is 318 g/mol. The highest BCUT2D eigenvalue weighted by Gasteiger charge is 2.28. The second-order valence-electron chi connectivity index (χ2n) is 4.79. The average molecular weight is 318 g/mol. The summed E-state index contributed by atoms with van der Waals surface area (Å²) in [5.74, 6) is -1.27. The van der Waals surface area contributed by atoms with E-state index in [1.807, 2.05) is 0 Å². The molecule has 1 fully saturated rings.